The quantitative estimate of drug-likeness (QED) is 0.340. The van der Waals surface area contributed by atoms with Crippen molar-refractivity contribution in [3.63, 3.8) is 0 Å². The minimum Gasteiger partial charge on any atom is -0.472 e. The van der Waals surface area contributed by atoms with E-state index in [4.69, 9.17) is 4.42 Å². The number of H-pyrrole nitrogens is 2. The van der Waals surface area contributed by atoms with E-state index in [0.29, 0.717) is 40.4 Å². The zero-order valence-corrected chi connectivity index (χ0v) is 18.1. The van der Waals surface area contributed by atoms with Gasteiger partial charge < -0.3 is 14.7 Å². The minimum absolute atomic E-state index is 0.249. The highest BCUT2D eigenvalue weighted by Gasteiger charge is 2.21. The molecule has 0 spiro atoms. The first-order valence-corrected chi connectivity index (χ1v) is 10.8. The number of fused-ring (bicyclic) bond motifs is 2. The standard InChI is InChI=1S/C24H19FN8O/c1-2-26-8-13-7-15(10-27-9-13)17-11-29-22-18(19(17)25)21(32-33-22)24-30-20-16(14-4-6-34-12-14)3-5-28-23(20)31-24/h3-7,9-12,26H,2,8H2,1H3,(H,28,30,31)(H,29,32,33). The van der Waals surface area contributed by atoms with Gasteiger partial charge in [0.2, 0.25) is 0 Å². The Labute approximate surface area is 192 Å². The van der Waals surface area contributed by atoms with E-state index in [1.165, 1.54) is 6.20 Å². The molecule has 6 heterocycles. The predicted molar refractivity (Wildman–Crippen MR) is 125 cm³/mol. The Balaban J connectivity index is 1.48. The van der Waals surface area contributed by atoms with Gasteiger partial charge in [-0.1, -0.05) is 6.92 Å². The molecule has 9 nitrogen and oxygen atoms in total. The fraction of sp³-hybridized carbons (Fsp3) is 0.125. The van der Waals surface area contributed by atoms with Crippen molar-refractivity contribution in [3.8, 4) is 33.8 Å². The van der Waals surface area contributed by atoms with E-state index < -0.39 is 5.82 Å². The number of imidazole rings is 1. The summed E-state index contributed by atoms with van der Waals surface area (Å²) in [6.07, 6.45) is 9.80. The van der Waals surface area contributed by atoms with Crippen LogP contribution in [0.1, 0.15) is 12.5 Å². The molecule has 0 radical (unpaired) electrons. The Bertz CT molecular complexity index is 1620. The molecule has 0 aliphatic carbocycles. The van der Waals surface area contributed by atoms with Crippen molar-refractivity contribution >= 4 is 22.2 Å². The Hall–Kier alpha value is -4.44. The second kappa shape index (κ2) is 8.16. The van der Waals surface area contributed by atoms with Crippen LogP contribution >= 0.6 is 0 Å². The molecule has 6 rings (SSSR count). The molecule has 0 saturated heterocycles. The summed E-state index contributed by atoms with van der Waals surface area (Å²) in [6.45, 7) is 3.51. The molecule has 0 fully saturated rings. The average Bonchev–Trinajstić information content (AvgIpc) is 3.62. The SMILES string of the molecule is CCNCc1cncc(-c2cnc3n[nH]c(-c4nc5nccc(-c6ccoc6)c5[nH]4)c3c2F)c1. The van der Waals surface area contributed by atoms with Gasteiger partial charge in [0.15, 0.2) is 17.1 Å². The zero-order chi connectivity index (χ0) is 23.1. The number of hydrogen-bond donors (Lipinski definition) is 3. The summed E-state index contributed by atoms with van der Waals surface area (Å²) in [5, 5.41) is 10.6. The summed E-state index contributed by atoms with van der Waals surface area (Å²) >= 11 is 0. The van der Waals surface area contributed by atoms with Gasteiger partial charge in [0.1, 0.15) is 11.5 Å². The highest BCUT2D eigenvalue weighted by atomic mass is 19.1. The Kier molecular flexibility index (Phi) is 4.84. The first-order chi connectivity index (χ1) is 16.7. The number of hydrogen-bond acceptors (Lipinski definition) is 7. The highest BCUT2D eigenvalue weighted by Crippen LogP contribution is 2.34. The predicted octanol–water partition coefficient (Wildman–Crippen LogP) is 4.47. The maximum absolute atomic E-state index is 15.9. The summed E-state index contributed by atoms with van der Waals surface area (Å²) in [7, 11) is 0. The Morgan fingerprint density at radius 3 is 2.85 bits per heavy atom. The van der Waals surface area contributed by atoms with Gasteiger partial charge in [-0.2, -0.15) is 5.10 Å². The van der Waals surface area contributed by atoms with Crippen molar-refractivity contribution in [1.82, 2.24) is 40.4 Å². The van der Waals surface area contributed by atoms with Gasteiger partial charge in [-0.05, 0) is 30.3 Å². The van der Waals surface area contributed by atoms with Crippen LogP contribution in [0.2, 0.25) is 0 Å². The molecule has 0 aliphatic rings. The molecule has 3 N–H and O–H groups in total. The number of nitrogens with one attached hydrogen (secondary N) is 3. The molecular formula is C24H19FN8O. The third-order valence-electron chi connectivity index (χ3n) is 5.67. The van der Waals surface area contributed by atoms with Crippen molar-refractivity contribution in [2.24, 2.45) is 0 Å². The fourth-order valence-electron chi connectivity index (χ4n) is 4.01. The van der Waals surface area contributed by atoms with Crippen LogP contribution in [0.3, 0.4) is 0 Å². The molecule has 168 valence electrons. The second-order valence-electron chi connectivity index (χ2n) is 7.80. The van der Waals surface area contributed by atoms with Crippen LogP contribution in [-0.2, 0) is 6.54 Å². The third kappa shape index (κ3) is 3.32. The number of aromatic amines is 2. The van der Waals surface area contributed by atoms with Gasteiger partial charge in [0, 0.05) is 53.6 Å². The molecule has 6 aromatic rings. The molecule has 0 unspecified atom stereocenters. The molecule has 34 heavy (non-hydrogen) atoms. The van der Waals surface area contributed by atoms with Gasteiger partial charge in [-0.15, -0.1) is 0 Å². The lowest BCUT2D eigenvalue weighted by molar-refractivity contribution is 0.568. The summed E-state index contributed by atoms with van der Waals surface area (Å²) in [5.41, 5.74) is 5.58. The van der Waals surface area contributed by atoms with Crippen LogP contribution in [0.5, 0.6) is 0 Å². The molecular weight excluding hydrogens is 435 g/mol. The van der Waals surface area contributed by atoms with Crippen molar-refractivity contribution in [3.05, 3.63) is 66.9 Å². The van der Waals surface area contributed by atoms with Crippen LogP contribution in [-0.4, -0.2) is 41.7 Å². The van der Waals surface area contributed by atoms with Gasteiger partial charge >= 0.3 is 0 Å². The summed E-state index contributed by atoms with van der Waals surface area (Å²) in [4.78, 5) is 20.8. The van der Waals surface area contributed by atoms with Crippen LogP contribution in [0, 0.1) is 5.82 Å². The number of aromatic nitrogens is 7. The third-order valence-corrected chi connectivity index (χ3v) is 5.67. The van der Waals surface area contributed by atoms with Crippen LogP contribution in [0.15, 0.2) is 59.9 Å². The van der Waals surface area contributed by atoms with Crippen molar-refractivity contribution in [2.45, 2.75) is 13.5 Å². The van der Waals surface area contributed by atoms with E-state index in [-0.39, 0.29) is 11.0 Å². The van der Waals surface area contributed by atoms with Crippen molar-refractivity contribution < 1.29 is 8.81 Å². The lowest BCUT2D eigenvalue weighted by Gasteiger charge is -2.07. The monoisotopic (exact) mass is 454 g/mol. The van der Waals surface area contributed by atoms with E-state index in [1.54, 1.807) is 31.1 Å². The van der Waals surface area contributed by atoms with Crippen LogP contribution in [0.4, 0.5) is 4.39 Å². The molecule has 0 aliphatic heterocycles. The Morgan fingerprint density at radius 1 is 1.06 bits per heavy atom. The largest absolute Gasteiger partial charge is 0.472 e. The molecule has 0 amide bonds. The number of furan rings is 1. The van der Waals surface area contributed by atoms with E-state index in [1.807, 2.05) is 25.1 Å². The molecule has 0 saturated carbocycles. The molecule has 10 heteroatoms. The molecule has 0 bridgehead atoms. The summed E-state index contributed by atoms with van der Waals surface area (Å²) in [6, 6.07) is 5.63. The number of pyridine rings is 3. The molecule has 0 aromatic carbocycles. The van der Waals surface area contributed by atoms with Gasteiger partial charge in [-0.3, -0.25) is 10.1 Å². The average molecular weight is 454 g/mol. The highest BCUT2D eigenvalue weighted by molar-refractivity contribution is 5.96. The van der Waals surface area contributed by atoms with Crippen molar-refractivity contribution in [1.29, 1.82) is 0 Å². The van der Waals surface area contributed by atoms with Crippen LogP contribution < -0.4 is 5.32 Å². The lowest BCUT2D eigenvalue weighted by Crippen LogP contribution is -2.11. The maximum atomic E-state index is 15.9. The first-order valence-electron chi connectivity index (χ1n) is 10.8. The van der Waals surface area contributed by atoms with Gasteiger partial charge in [0.05, 0.1) is 23.4 Å². The number of rotatable bonds is 6. The van der Waals surface area contributed by atoms with Gasteiger partial charge in [-0.25, -0.2) is 19.3 Å². The first kappa shape index (κ1) is 20.2. The lowest BCUT2D eigenvalue weighted by atomic mass is 10.1. The van der Waals surface area contributed by atoms with E-state index in [9.17, 15) is 0 Å². The number of halogens is 1. The van der Waals surface area contributed by atoms with E-state index >= 15 is 4.39 Å². The minimum atomic E-state index is -0.445. The number of nitrogens with zero attached hydrogens (tertiary/aromatic N) is 5. The summed E-state index contributed by atoms with van der Waals surface area (Å²) in [5.74, 6) is -0.0301. The fourth-order valence-corrected chi connectivity index (χ4v) is 4.01. The van der Waals surface area contributed by atoms with Gasteiger partial charge in [0.25, 0.3) is 0 Å². The Morgan fingerprint density at radius 2 is 2.00 bits per heavy atom. The normalized spacial score (nSPS) is 11.6. The smallest absolute Gasteiger partial charge is 0.184 e. The van der Waals surface area contributed by atoms with Crippen LogP contribution in [0.25, 0.3) is 56.0 Å². The van der Waals surface area contributed by atoms with E-state index in [0.717, 1.165) is 23.2 Å². The topological polar surface area (TPSA) is 121 Å². The molecule has 6 aromatic heterocycles. The zero-order valence-electron chi connectivity index (χ0n) is 18.1. The molecule has 0 atom stereocenters. The van der Waals surface area contributed by atoms with E-state index in [2.05, 4.69) is 40.4 Å². The second-order valence-corrected chi connectivity index (χ2v) is 7.80. The van der Waals surface area contributed by atoms with Crippen molar-refractivity contribution in [2.75, 3.05) is 6.54 Å². The summed E-state index contributed by atoms with van der Waals surface area (Å²) < 4.78 is 21.1. The maximum Gasteiger partial charge on any atom is 0.184 e.